The number of thioether (sulfide) groups is 1. The third-order valence-electron chi connectivity index (χ3n) is 7.41. The lowest BCUT2D eigenvalue weighted by atomic mass is 10.0. The first kappa shape index (κ1) is 30.1. The van der Waals surface area contributed by atoms with Crippen molar-refractivity contribution in [3.05, 3.63) is 160 Å². The molecular weight excluding hydrogens is 607 g/mol. The molecule has 0 spiro atoms. The maximum absolute atomic E-state index is 14.6. The number of anilines is 1. The molecule has 5 aromatic rings. The summed E-state index contributed by atoms with van der Waals surface area (Å²) in [6.07, 6.45) is 2.04. The van der Waals surface area contributed by atoms with E-state index in [1.165, 1.54) is 52.7 Å². The first-order chi connectivity index (χ1) is 21.9. The molecule has 0 heterocycles. The van der Waals surface area contributed by atoms with Gasteiger partial charge in [-0.25, -0.2) is 4.39 Å². The zero-order valence-corrected chi connectivity index (χ0v) is 25.4. The van der Waals surface area contributed by atoms with Crippen molar-refractivity contribution in [1.29, 1.82) is 0 Å². The van der Waals surface area contributed by atoms with E-state index in [-0.39, 0.29) is 27.8 Å². The van der Waals surface area contributed by atoms with Crippen LogP contribution >= 0.6 is 23.4 Å². The van der Waals surface area contributed by atoms with E-state index in [2.05, 4.69) is 22.8 Å². The minimum Gasteiger partial charge on any atom is -0.321 e. The molecule has 0 saturated heterocycles. The van der Waals surface area contributed by atoms with E-state index in [0.717, 1.165) is 16.9 Å². The van der Waals surface area contributed by atoms with Gasteiger partial charge in [0.2, 0.25) is 0 Å². The SMILES string of the molecule is O=C(Nc1ccc(SCC(=O)c2ccc3c(c2)Cc2ccccc2-3)cc1)/C(=C/c1c(F)cccc1Cl)NC(=O)c1ccccc1. The Balaban J connectivity index is 1.12. The Bertz CT molecular complexity index is 1940. The summed E-state index contributed by atoms with van der Waals surface area (Å²) >= 11 is 7.59. The monoisotopic (exact) mass is 632 g/mol. The van der Waals surface area contributed by atoms with Gasteiger partial charge in [-0.05, 0) is 89.3 Å². The number of halogens is 2. The number of nitrogens with one attached hydrogen (secondary N) is 2. The van der Waals surface area contributed by atoms with Gasteiger partial charge in [0.1, 0.15) is 11.5 Å². The van der Waals surface area contributed by atoms with Gasteiger partial charge >= 0.3 is 0 Å². The summed E-state index contributed by atoms with van der Waals surface area (Å²) in [5.41, 5.74) is 6.11. The van der Waals surface area contributed by atoms with Crippen LogP contribution in [-0.2, 0) is 11.2 Å². The Morgan fingerprint density at radius 2 is 1.51 bits per heavy atom. The van der Waals surface area contributed by atoms with Crippen LogP contribution < -0.4 is 10.6 Å². The van der Waals surface area contributed by atoms with Gasteiger partial charge in [0.15, 0.2) is 5.78 Å². The van der Waals surface area contributed by atoms with Crippen molar-refractivity contribution in [1.82, 2.24) is 5.32 Å². The van der Waals surface area contributed by atoms with E-state index in [4.69, 9.17) is 11.6 Å². The Hall–Kier alpha value is -4.98. The molecule has 0 bridgehead atoms. The average molecular weight is 633 g/mol. The van der Waals surface area contributed by atoms with Crippen LogP contribution in [0.1, 0.15) is 37.4 Å². The van der Waals surface area contributed by atoms with E-state index < -0.39 is 17.6 Å². The fourth-order valence-electron chi connectivity index (χ4n) is 5.12. The molecular formula is C37H26ClFN2O3S. The maximum Gasteiger partial charge on any atom is 0.272 e. The smallest absolute Gasteiger partial charge is 0.272 e. The number of rotatable bonds is 9. The van der Waals surface area contributed by atoms with Gasteiger partial charge < -0.3 is 10.6 Å². The molecule has 2 N–H and O–H groups in total. The second-order valence-electron chi connectivity index (χ2n) is 10.4. The third kappa shape index (κ3) is 6.90. The molecule has 2 amide bonds. The topological polar surface area (TPSA) is 75.3 Å². The molecule has 0 atom stereocenters. The van der Waals surface area contributed by atoms with Crippen LogP contribution in [0.3, 0.4) is 0 Å². The van der Waals surface area contributed by atoms with Crippen molar-refractivity contribution in [3.8, 4) is 11.1 Å². The molecule has 0 aliphatic heterocycles. The van der Waals surface area contributed by atoms with Crippen molar-refractivity contribution >= 4 is 52.7 Å². The molecule has 5 aromatic carbocycles. The average Bonchev–Trinajstić information content (AvgIpc) is 3.43. The highest BCUT2D eigenvalue weighted by Gasteiger charge is 2.20. The Kier molecular flexibility index (Phi) is 8.91. The van der Waals surface area contributed by atoms with Gasteiger partial charge in [-0.2, -0.15) is 0 Å². The molecule has 0 aromatic heterocycles. The van der Waals surface area contributed by atoms with Crippen molar-refractivity contribution in [3.63, 3.8) is 0 Å². The fourth-order valence-corrected chi connectivity index (χ4v) is 6.13. The number of fused-ring (bicyclic) bond motifs is 3. The molecule has 222 valence electrons. The van der Waals surface area contributed by atoms with Crippen molar-refractivity contribution in [2.24, 2.45) is 0 Å². The van der Waals surface area contributed by atoms with Crippen molar-refractivity contribution in [2.45, 2.75) is 11.3 Å². The quantitative estimate of drug-likeness (QED) is 0.0953. The fraction of sp³-hybridized carbons (Fsp3) is 0.0541. The summed E-state index contributed by atoms with van der Waals surface area (Å²) < 4.78 is 14.6. The summed E-state index contributed by atoms with van der Waals surface area (Å²) in [4.78, 5) is 40.0. The number of benzene rings is 5. The summed E-state index contributed by atoms with van der Waals surface area (Å²) in [7, 11) is 0. The lowest BCUT2D eigenvalue weighted by Crippen LogP contribution is -2.30. The third-order valence-corrected chi connectivity index (χ3v) is 8.76. The molecule has 1 aliphatic carbocycles. The number of Topliss-reactive ketones (excluding diaryl/α,β-unsaturated/α-hetero) is 1. The first-order valence-corrected chi connectivity index (χ1v) is 15.5. The minimum absolute atomic E-state index is 0.0259. The number of carbonyl (C=O) groups excluding carboxylic acids is 3. The van der Waals surface area contributed by atoms with E-state index in [9.17, 15) is 18.8 Å². The molecule has 6 rings (SSSR count). The molecule has 0 fully saturated rings. The maximum atomic E-state index is 14.6. The Morgan fingerprint density at radius 3 is 2.29 bits per heavy atom. The highest BCUT2D eigenvalue weighted by atomic mass is 35.5. The zero-order valence-electron chi connectivity index (χ0n) is 23.9. The minimum atomic E-state index is -0.659. The van der Waals surface area contributed by atoms with Gasteiger partial charge in [-0.15, -0.1) is 11.8 Å². The number of amides is 2. The highest BCUT2D eigenvalue weighted by molar-refractivity contribution is 8.00. The largest absolute Gasteiger partial charge is 0.321 e. The van der Waals surface area contributed by atoms with E-state index in [0.29, 0.717) is 16.8 Å². The number of ketones is 1. The summed E-state index contributed by atoms with van der Waals surface area (Å²) in [5, 5.41) is 5.42. The molecule has 0 saturated carbocycles. The lowest BCUT2D eigenvalue weighted by molar-refractivity contribution is -0.113. The van der Waals surface area contributed by atoms with Crippen molar-refractivity contribution in [2.75, 3.05) is 11.1 Å². The number of hydrogen-bond donors (Lipinski definition) is 2. The van der Waals surface area contributed by atoms with Crippen LogP contribution in [-0.4, -0.2) is 23.4 Å². The van der Waals surface area contributed by atoms with Crippen LogP contribution in [0.15, 0.2) is 126 Å². The van der Waals surface area contributed by atoms with Gasteiger partial charge in [0, 0.05) is 27.3 Å². The van der Waals surface area contributed by atoms with Crippen LogP contribution in [0, 0.1) is 5.82 Å². The van der Waals surface area contributed by atoms with E-state index >= 15 is 0 Å². The summed E-state index contributed by atoms with van der Waals surface area (Å²) in [5.74, 6) is -1.53. The second kappa shape index (κ2) is 13.3. The van der Waals surface area contributed by atoms with Gasteiger partial charge in [-0.1, -0.05) is 72.3 Å². The number of hydrogen-bond acceptors (Lipinski definition) is 4. The predicted octanol–water partition coefficient (Wildman–Crippen LogP) is 8.43. The molecule has 5 nitrogen and oxygen atoms in total. The standard InChI is InChI=1S/C37H26ClFN2O3S/c38-32-11-6-12-33(39)31(32)21-34(41-36(43)23-7-2-1-3-8-23)37(44)40-27-14-16-28(17-15-27)45-22-35(42)25-13-18-30-26(20-25)19-24-9-4-5-10-29(24)30/h1-18,20-21H,19,22H2,(H,40,44)(H,41,43)/b34-21-. The molecule has 45 heavy (non-hydrogen) atoms. The number of carbonyl (C=O) groups is 3. The van der Waals surface area contributed by atoms with Crippen LogP contribution in [0.5, 0.6) is 0 Å². The summed E-state index contributed by atoms with van der Waals surface area (Å²) in [6.45, 7) is 0. The zero-order chi connectivity index (χ0) is 31.3. The Morgan fingerprint density at radius 1 is 0.778 bits per heavy atom. The first-order valence-electron chi connectivity index (χ1n) is 14.2. The van der Waals surface area contributed by atoms with E-state index in [1.807, 2.05) is 30.3 Å². The van der Waals surface area contributed by atoms with Gasteiger partial charge in [-0.3, -0.25) is 14.4 Å². The Labute approximate surface area is 269 Å². The molecule has 8 heteroatoms. The molecule has 0 unspecified atom stereocenters. The predicted molar refractivity (Wildman–Crippen MR) is 178 cm³/mol. The normalized spacial score (nSPS) is 11.8. The van der Waals surface area contributed by atoms with Crippen molar-refractivity contribution < 1.29 is 18.8 Å². The van der Waals surface area contributed by atoms with Crippen LogP contribution in [0.25, 0.3) is 17.2 Å². The second-order valence-corrected chi connectivity index (χ2v) is 11.9. The van der Waals surface area contributed by atoms with Gasteiger partial charge in [0.05, 0.1) is 10.8 Å². The van der Waals surface area contributed by atoms with Gasteiger partial charge in [0.25, 0.3) is 11.8 Å². The molecule has 0 radical (unpaired) electrons. The highest BCUT2D eigenvalue weighted by Crippen LogP contribution is 2.37. The van der Waals surface area contributed by atoms with E-state index in [1.54, 1.807) is 54.6 Å². The van der Waals surface area contributed by atoms with Crippen LogP contribution in [0.4, 0.5) is 10.1 Å². The van der Waals surface area contributed by atoms with Crippen LogP contribution in [0.2, 0.25) is 5.02 Å². The molecule has 1 aliphatic rings. The summed E-state index contributed by atoms with van der Waals surface area (Å²) in [6, 6.07) is 33.7. The lowest BCUT2D eigenvalue weighted by Gasteiger charge is -2.12.